The van der Waals surface area contributed by atoms with Crippen molar-refractivity contribution in [3.63, 3.8) is 0 Å². The molecular weight excluding hydrogens is 328 g/mol. The Labute approximate surface area is 155 Å². The molecule has 2 heterocycles. The zero-order chi connectivity index (χ0) is 18.5. The Morgan fingerprint density at radius 1 is 1.12 bits per heavy atom. The van der Waals surface area contributed by atoms with Crippen molar-refractivity contribution in [1.82, 2.24) is 19.9 Å². The number of aromatic nitrogens is 3. The van der Waals surface area contributed by atoms with Gasteiger partial charge in [0.05, 0.1) is 13.7 Å². The Hall–Kier alpha value is -2.41. The number of nitrogens with two attached hydrogens (primary N) is 1. The summed E-state index contributed by atoms with van der Waals surface area (Å²) >= 11 is 0. The van der Waals surface area contributed by atoms with Gasteiger partial charge in [-0.3, -0.25) is 4.90 Å². The summed E-state index contributed by atoms with van der Waals surface area (Å²) in [6, 6.07) is 8.74. The third kappa shape index (κ3) is 4.40. The predicted molar refractivity (Wildman–Crippen MR) is 103 cm³/mol. The van der Waals surface area contributed by atoms with Crippen LogP contribution in [0.15, 0.2) is 24.3 Å². The summed E-state index contributed by atoms with van der Waals surface area (Å²) in [5.74, 6) is 2.48. The molecule has 7 nitrogen and oxygen atoms in total. The molecular formula is C19H28N6O. The molecule has 1 unspecified atom stereocenters. The first kappa shape index (κ1) is 18.4. The molecule has 3 rings (SSSR count). The van der Waals surface area contributed by atoms with E-state index in [1.807, 2.05) is 31.1 Å². The topological polar surface area (TPSA) is 80.4 Å². The molecule has 2 aromatic rings. The standard InChI is InChI=1S/C19H28N6O/c1-24(2)19-22-17(21-18(20)23-19)13-25-12-6-4-5-7-16(25)14-8-10-15(26-3)11-9-14/h8-11,16H,4-7,12-13H2,1-3H3,(H2,20,21,22,23). The number of ether oxygens (including phenoxy) is 1. The molecule has 0 radical (unpaired) electrons. The fourth-order valence-electron chi connectivity index (χ4n) is 3.44. The summed E-state index contributed by atoms with van der Waals surface area (Å²) < 4.78 is 5.29. The van der Waals surface area contributed by atoms with Gasteiger partial charge < -0.3 is 15.4 Å². The van der Waals surface area contributed by atoms with Crippen LogP contribution in [0.5, 0.6) is 5.75 Å². The molecule has 1 aromatic heterocycles. The fourth-order valence-corrected chi connectivity index (χ4v) is 3.44. The smallest absolute Gasteiger partial charge is 0.229 e. The van der Waals surface area contributed by atoms with Crippen molar-refractivity contribution in [1.29, 1.82) is 0 Å². The molecule has 0 aliphatic carbocycles. The van der Waals surface area contributed by atoms with Gasteiger partial charge in [-0.1, -0.05) is 25.0 Å². The molecule has 0 amide bonds. The number of methoxy groups -OCH3 is 1. The number of nitrogen functional groups attached to an aromatic ring is 1. The van der Waals surface area contributed by atoms with Gasteiger partial charge in [-0.2, -0.15) is 15.0 Å². The van der Waals surface area contributed by atoms with Gasteiger partial charge in [0.15, 0.2) is 0 Å². The van der Waals surface area contributed by atoms with E-state index < -0.39 is 0 Å². The van der Waals surface area contributed by atoms with Crippen LogP contribution in [0.4, 0.5) is 11.9 Å². The largest absolute Gasteiger partial charge is 0.497 e. The van der Waals surface area contributed by atoms with Crippen molar-refractivity contribution in [3.8, 4) is 5.75 Å². The summed E-state index contributed by atoms with van der Waals surface area (Å²) in [5.41, 5.74) is 7.20. The molecule has 140 valence electrons. The highest BCUT2D eigenvalue weighted by molar-refractivity contribution is 5.33. The lowest BCUT2D eigenvalue weighted by Crippen LogP contribution is -2.29. The summed E-state index contributed by atoms with van der Waals surface area (Å²) in [6.07, 6.45) is 4.81. The van der Waals surface area contributed by atoms with Crippen LogP contribution >= 0.6 is 0 Å². The average Bonchev–Trinajstić information content (AvgIpc) is 2.87. The van der Waals surface area contributed by atoms with Gasteiger partial charge in [-0.25, -0.2) is 0 Å². The Morgan fingerprint density at radius 3 is 2.58 bits per heavy atom. The molecule has 1 aliphatic heterocycles. The molecule has 1 saturated heterocycles. The zero-order valence-corrected chi connectivity index (χ0v) is 15.9. The second-order valence-corrected chi connectivity index (χ2v) is 6.91. The molecule has 2 N–H and O–H groups in total. The van der Waals surface area contributed by atoms with Gasteiger partial charge in [0.2, 0.25) is 11.9 Å². The summed E-state index contributed by atoms with van der Waals surface area (Å²) in [5, 5.41) is 0. The highest BCUT2D eigenvalue weighted by atomic mass is 16.5. The Bertz CT molecular complexity index is 718. The minimum absolute atomic E-state index is 0.273. The highest BCUT2D eigenvalue weighted by Gasteiger charge is 2.24. The first-order valence-corrected chi connectivity index (χ1v) is 9.12. The van der Waals surface area contributed by atoms with E-state index in [0.717, 1.165) is 24.5 Å². The lowest BCUT2D eigenvalue weighted by molar-refractivity contribution is 0.187. The van der Waals surface area contributed by atoms with E-state index >= 15 is 0 Å². The lowest BCUT2D eigenvalue weighted by atomic mass is 10.0. The number of benzene rings is 1. The first-order chi connectivity index (χ1) is 12.6. The maximum atomic E-state index is 5.89. The molecule has 1 fully saturated rings. The van der Waals surface area contributed by atoms with Crippen LogP contribution in [0, 0.1) is 0 Å². The molecule has 0 bridgehead atoms. The maximum Gasteiger partial charge on any atom is 0.229 e. The first-order valence-electron chi connectivity index (χ1n) is 9.12. The van der Waals surface area contributed by atoms with Gasteiger partial charge >= 0.3 is 0 Å². The van der Waals surface area contributed by atoms with Gasteiger partial charge in [-0.15, -0.1) is 0 Å². The van der Waals surface area contributed by atoms with Gasteiger partial charge in [-0.05, 0) is 37.1 Å². The number of hydrogen-bond acceptors (Lipinski definition) is 7. The van der Waals surface area contributed by atoms with Gasteiger partial charge in [0.25, 0.3) is 0 Å². The Kier molecular flexibility index (Phi) is 5.88. The Morgan fingerprint density at radius 2 is 1.88 bits per heavy atom. The Balaban J connectivity index is 1.84. The van der Waals surface area contributed by atoms with E-state index in [4.69, 9.17) is 10.5 Å². The molecule has 0 saturated carbocycles. The third-order valence-electron chi connectivity index (χ3n) is 4.80. The highest BCUT2D eigenvalue weighted by Crippen LogP contribution is 2.32. The molecule has 26 heavy (non-hydrogen) atoms. The number of rotatable bonds is 5. The van der Waals surface area contributed by atoms with Crippen LogP contribution in [0.3, 0.4) is 0 Å². The van der Waals surface area contributed by atoms with Crippen molar-refractivity contribution in [3.05, 3.63) is 35.7 Å². The van der Waals surface area contributed by atoms with Gasteiger partial charge in [0.1, 0.15) is 11.6 Å². The fraction of sp³-hybridized carbons (Fsp3) is 0.526. The number of likely N-dealkylation sites (tertiary alicyclic amines) is 1. The minimum Gasteiger partial charge on any atom is -0.497 e. The van der Waals surface area contributed by atoms with E-state index in [2.05, 4.69) is 32.0 Å². The van der Waals surface area contributed by atoms with Crippen LogP contribution in [0.2, 0.25) is 0 Å². The van der Waals surface area contributed by atoms with Crippen LogP contribution in [-0.4, -0.2) is 47.6 Å². The third-order valence-corrected chi connectivity index (χ3v) is 4.80. The monoisotopic (exact) mass is 356 g/mol. The van der Waals surface area contributed by atoms with E-state index in [1.165, 1.54) is 24.8 Å². The van der Waals surface area contributed by atoms with E-state index in [0.29, 0.717) is 18.5 Å². The number of anilines is 2. The normalized spacial score (nSPS) is 18.3. The van der Waals surface area contributed by atoms with Crippen molar-refractivity contribution in [2.45, 2.75) is 38.3 Å². The average molecular weight is 356 g/mol. The second-order valence-electron chi connectivity index (χ2n) is 6.91. The van der Waals surface area contributed by atoms with Crippen LogP contribution in [-0.2, 0) is 6.54 Å². The van der Waals surface area contributed by atoms with Gasteiger partial charge in [0, 0.05) is 20.1 Å². The molecule has 7 heteroatoms. The summed E-state index contributed by atoms with van der Waals surface area (Å²) in [6.45, 7) is 1.70. The van der Waals surface area contributed by atoms with E-state index in [-0.39, 0.29) is 5.95 Å². The molecule has 1 aromatic carbocycles. The van der Waals surface area contributed by atoms with Crippen molar-refractivity contribution in [2.24, 2.45) is 0 Å². The summed E-state index contributed by atoms with van der Waals surface area (Å²) in [7, 11) is 5.51. The maximum absolute atomic E-state index is 5.89. The van der Waals surface area contributed by atoms with Crippen molar-refractivity contribution < 1.29 is 4.74 Å². The van der Waals surface area contributed by atoms with Crippen molar-refractivity contribution in [2.75, 3.05) is 38.4 Å². The zero-order valence-electron chi connectivity index (χ0n) is 15.9. The van der Waals surface area contributed by atoms with Crippen molar-refractivity contribution >= 4 is 11.9 Å². The number of nitrogens with zero attached hydrogens (tertiary/aromatic N) is 5. The molecule has 1 aliphatic rings. The summed E-state index contributed by atoms with van der Waals surface area (Å²) in [4.78, 5) is 17.4. The van der Waals surface area contributed by atoms with E-state index in [9.17, 15) is 0 Å². The lowest BCUT2D eigenvalue weighted by Gasteiger charge is -2.30. The second kappa shape index (κ2) is 8.31. The quantitative estimate of drug-likeness (QED) is 0.882. The predicted octanol–water partition coefficient (Wildman–Crippen LogP) is 2.65. The van der Waals surface area contributed by atoms with Crippen LogP contribution in [0.25, 0.3) is 0 Å². The number of hydrogen-bond donors (Lipinski definition) is 1. The van der Waals surface area contributed by atoms with Crippen LogP contribution in [0.1, 0.15) is 43.1 Å². The van der Waals surface area contributed by atoms with Crippen LogP contribution < -0.4 is 15.4 Å². The molecule has 0 spiro atoms. The molecule has 1 atom stereocenters. The minimum atomic E-state index is 0.273. The SMILES string of the molecule is COc1ccc(C2CCCCCN2Cc2nc(N)nc(N(C)C)n2)cc1. The van der Waals surface area contributed by atoms with E-state index in [1.54, 1.807) is 7.11 Å².